The fraction of sp³-hybridized carbons (Fsp3) is 1.00. The summed E-state index contributed by atoms with van der Waals surface area (Å²) in [5.74, 6) is 1.28. The SMILES string of the molecule is CCC1CC(C)C2OC3(CCCC3)OC12. The molecular formula is C13H22O2. The zero-order valence-corrected chi connectivity index (χ0v) is 9.87. The standard InChI is InChI=1S/C13H22O2/c1-3-10-8-9(2)11-12(10)15-13(14-11)6-4-5-7-13/h9-12H,3-8H2,1-2H3. The first-order valence-electron chi connectivity index (χ1n) is 6.60. The molecule has 1 saturated heterocycles. The van der Waals surface area contributed by atoms with Crippen LogP contribution in [0.2, 0.25) is 0 Å². The van der Waals surface area contributed by atoms with Gasteiger partial charge in [-0.15, -0.1) is 0 Å². The molecule has 1 spiro atoms. The zero-order chi connectivity index (χ0) is 10.5. The highest BCUT2D eigenvalue weighted by molar-refractivity contribution is 4.99. The van der Waals surface area contributed by atoms with Crippen LogP contribution in [-0.4, -0.2) is 18.0 Å². The van der Waals surface area contributed by atoms with Crippen LogP contribution in [0.3, 0.4) is 0 Å². The van der Waals surface area contributed by atoms with E-state index in [9.17, 15) is 0 Å². The predicted octanol–water partition coefficient (Wildman–Crippen LogP) is 3.11. The summed E-state index contributed by atoms with van der Waals surface area (Å²) in [6, 6.07) is 0. The first-order chi connectivity index (χ1) is 7.24. The predicted molar refractivity (Wildman–Crippen MR) is 58.5 cm³/mol. The number of hydrogen-bond donors (Lipinski definition) is 0. The summed E-state index contributed by atoms with van der Waals surface area (Å²) in [6.07, 6.45) is 8.16. The lowest BCUT2D eigenvalue weighted by atomic mass is 10.0. The molecule has 3 aliphatic rings. The van der Waals surface area contributed by atoms with Crippen molar-refractivity contribution in [2.75, 3.05) is 0 Å². The molecule has 2 nitrogen and oxygen atoms in total. The smallest absolute Gasteiger partial charge is 0.169 e. The third kappa shape index (κ3) is 1.45. The van der Waals surface area contributed by atoms with Gasteiger partial charge in [-0.1, -0.05) is 20.3 Å². The van der Waals surface area contributed by atoms with Crippen molar-refractivity contribution in [3.8, 4) is 0 Å². The van der Waals surface area contributed by atoms with Crippen molar-refractivity contribution in [2.24, 2.45) is 11.8 Å². The van der Waals surface area contributed by atoms with Crippen LogP contribution >= 0.6 is 0 Å². The van der Waals surface area contributed by atoms with Crippen molar-refractivity contribution < 1.29 is 9.47 Å². The van der Waals surface area contributed by atoms with Crippen LogP contribution in [0.1, 0.15) is 52.4 Å². The van der Waals surface area contributed by atoms with Gasteiger partial charge in [-0.2, -0.15) is 0 Å². The molecule has 0 amide bonds. The molecule has 2 aliphatic carbocycles. The highest BCUT2D eigenvalue weighted by Gasteiger charge is 2.55. The van der Waals surface area contributed by atoms with Gasteiger partial charge < -0.3 is 9.47 Å². The molecular weight excluding hydrogens is 188 g/mol. The quantitative estimate of drug-likeness (QED) is 0.662. The Morgan fingerprint density at radius 2 is 1.80 bits per heavy atom. The van der Waals surface area contributed by atoms with Gasteiger partial charge in [0.05, 0.1) is 12.2 Å². The Bertz CT molecular complexity index is 245. The highest BCUT2D eigenvalue weighted by atomic mass is 16.8. The molecule has 86 valence electrons. The van der Waals surface area contributed by atoms with Crippen LogP contribution in [0.5, 0.6) is 0 Å². The average molecular weight is 210 g/mol. The lowest BCUT2D eigenvalue weighted by Gasteiger charge is -2.25. The van der Waals surface area contributed by atoms with Gasteiger partial charge in [0.25, 0.3) is 0 Å². The van der Waals surface area contributed by atoms with E-state index in [1.807, 2.05) is 0 Å². The minimum Gasteiger partial charge on any atom is -0.344 e. The third-order valence-corrected chi connectivity index (χ3v) is 4.62. The Kier molecular flexibility index (Phi) is 2.33. The first kappa shape index (κ1) is 10.1. The molecule has 4 unspecified atom stereocenters. The second kappa shape index (κ2) is 3.46. The number of ether oxygens (including phenoxy) is 2. The van der Waals surface area contributed by atoms with Gasteiger partial charge in [-0.25, -0.2) is 0 Å². The number of rotatable bonds is 1. The molecule has 15 heavy (non-hydrogen) atoms. The summed E-state index contributed by atoms with van der Waals surface area (Å²) >= 11 is 0. The maximum atomic E-state index is 6.29. The van der Waals surface area contributed by atoms with Gasteiger partial charge in [-0.3, -0.25) is 0 Å². The molecule has 0 aromatic heterocycles. The summed E-state index contributed by atoms with van der Waals surface area (Å²) in [5, 5.41) is 0. The maximum Gasteiger partial charge on any atom is 0.169 e. The molecule has 0 bridgehead atoms. The second-order valence-electron chi connectivity index (χ2n) is 5.66. The Balaban J connectivity index is 1.78. The Hall–Kier alpha value is -0.0800. The van der Waals surface area contributed by atoms with Gasteiger partial charge in [0, 0.05) is 12.8 Å². The molecule has 1 aliphatic heterocycles. The fourth-order valence-electron chi connectivity index (χ4n) is 3.76. The summed E-state index contributed by atoms with van der Waals surface area (Å²) in [5.41, 5.74) is 0. The van der Waals surface area contributed by atoms with E-state index in [0.717, 1.165) is 18.8 Å². The van der Waals surface area contributed by atoms with E-state index in [4.69, 9.17) is 9.47 Å². The summed E-state index contributed by atoms with van der Waals surface area (Å²) in [7, 11) is 0. The first-order valence-corrected chi connectivity index (χ1v) is 6.60. The highest BCUT2D eigenvalue weighted by Crippen LogP contribution is 2.50. The molecule has 3 rings (SSSR count). The maximum absolute atomic E-state index is 6.29. The van der Waals surface area contributed by atoms with Crippen LogP contribution in [0.4, 0.5) is 0 Å². The Labute approximate surface area is 92.3 Å². The molecule has 0 radical (unpaired) electrons. The van der Waals surface area contributed by atoms with Crippen LogP contribution in [-0.2, 0) is 9.47 Å². The normalized spacial score (nSPS) is 47.6. The van der Waals surface area contributed by atoms with E-state index >= 15 is 0 Å². The molecule has 0 N–H and O–H groups in total. The van der Waals surface area contributed by atoms with E-state index in [1.54, 1.807) is 0 Å². The lowest BCUT2D eigenvalue weighted by Crippen LogP contribution is -2.29. The molecule has 3 fully saturated rings. The van der Waals surface area contributed by atoms with Crippen LogP contribution in [0.25, 0.3) is 0 Å². The van der Waals surface area contributed by atoms with E-state index in [0.29, 0.717) is 18.1 Å². The largest absolute Gasteiger partial charge is 0.344 e. The Morgan fingerprint density at radius 1 is 1.13 bits per heavy atom. The fourth-order valence-corrected chi connectivity index (χ4v) is 3.76. The summed E-state index contributed by atoms with van der Waals surface area (Å²) in [6.45, 7) is 4.60. The number of fused-ring (bicyclic) bond motifs is 1. The van der Waals surface area contributed by atoms with Gasteiger partial charge >= 0.3 is 0 Å². The van der Waals surface area contributed by atoms with Gasteiger partial charge in [0.15, 0.2) is 5.79 Å². The summed E-state index contributed by atoms with van der Waals surface area (Å²) < 4.78 is 12.5. The molecule has 0 aromatic rings. The van der Waals surface area contributed by atoms with Crippen LogP contribution < -0.4 is 0 Å². The number of hydrogen-bond acceptors (Lipinski definition) is 2. The topological polar surface area (TPSA) is 18.5 Å². The zero-order valence-electron chi connectivity index (χ0n) is 9.87. The van der Waals surface area contributed by atoms with E-state index in [-0.39, 0.29) is 5.79 Å². The summed E-state index contributed by atoms with van der Waals surface area (Å²) in [4.78, 5) is 0. The van der Waals surface area contributed by atoms with Crippen molar-refractivity contribution in [1.82, 2.24) is 0 Å². The van der Waals surface area contributed by atoms with Crippen molar-refractivity contribution in [3.63, 3.8) is 0 Å². The van der Waals surface area contributed by atoms with Crippen molar-refractivity contribution >= 4 is 0 Å². The third-order valence-electron chi connectivity index (χ3n) is 4.62. The van der Waals surface area contributed by atoms with E-state index in [2.05, 4.69) is 13.8 Å². The van der Waals surface area contributed by atoms with Crippen LogP contribution in [0, 0.1) is 11.8 Å². The Morgan fingerprint density at radius 3 is 2.47 bits per heavy atom. The van der Waals surface area contributed by atoms with Gasteiger partial charge in [0.1, 0.15) is 0 Å². The van der Waals surface area contributed by atoms with Crippen molar-refractivity contribution in [2.45, 2.75) is 70.4 Å². The lowest BCUT2D eigenvalue weighted by molar-refractivity contribution is -0.182. The van der Waals surface area contributed by atoms with Gasteiger partial charge in [0.2, 0.25) is 0 Å². The molecule has 0 aromatic carbocycles. The van der Waals surface area contributed by atoms with Crippen molar-refractivity contribution in [1.29, 1.82) is 0 Å². The minimum absolute atomic E-state index is 0.155. The van der Waals surface area contributed by atoms with Crippen LogP contribution in [0.15, 0.2) is 0 Å². The second-order valence-corrected chi connectivity index (χ2v) is 5.66. The van der Waals surface area contributed by atoms with E-state index in [1.165, 1.54) is 25.7 Å². The molecule has 2 heteroatoms. The van der Waals surface area contributed by atoms with E-state index < -0.39 is 0 Å². The van der Waals surface area contributed by atoms with Crippen molar-refractivity contribution in [3.05, 3.63) is 0 Å². The molecule has 1 heterocycles. The monoisotopic (exact) mass is 210 g/mol. The van der Waals surface area contributed by atoms with Gasteiger partial charge in [-0.05, 0) is 31.1 Å². The molecule has 2 saturated carbocycles. The minimum atomic E-state index is -0.155. The average Bonchev–Trinajstić information content (AvgIpc) is 2.88. The molecule has 4 atom stereocenters.